The molecule has 0 N–H and O–H groups in total. The fourth-order valence-corrected chi connectivity index (χ4v) is 2.92. The van der Waals surface area contributed by atoms with Gasteiger partial charge in [-0.1, -0.05) is 18.2 Å². The first-order valence-electron chi connectivity index (χ1n) is 7.81. The van der Waals surface area contributed by atoms with Crippen molar-refractivity contribution in [2.75, 3.05) is 13.1 Å². The third kappa shape index (κ3) is 2.71. The van der Waals surface area contributed by atoms with Crippen molar-refractivity contribution in [3.8, 4) is 5.69 Å². The lowest BCUT2D eigenvalue weighted by atomic mass is 10.2. The van der Waals surface area contributed by atoms with Crippen LogP contribution in [0.3, 0.4) is 0 Å². The summed E-state index contributed by atoms with van der Waals surface area (Å²) in [4.78, 5) is 12.5. The van der Waals surface area contributed by atoms with E-state index in [9.17, 15) is 4.79 Å². The van der Waals surface area contributed by atoms with E-state index in [0.717, 1.165) is 30.0 Å². The van der Waals surface area contributed by atoms with Gasteiger partial charge in [0.25, 0.3) is 5.56 Å². The smallest absolute Gasteiger partial charge is 0.274 e. The van der Waals surface area contributed by atoms with Gasteiger partial charge in [0.15, 0.2) is 0 Å². The summed E-state index contributed by atoms with van der Waals surface area (Å²) in [5, 5.41) is 6.65. The van der Waals surface area contributed by atoms with Crippen LogP contribution in [0.25, 0.3) is 5.69 Å². The third-order valence-electron chi connectivity index (χ3n) is 4.22. The molecule has 1 aliphatic heterocycles. The van der Waals surface area contributed by atoms with Crippen LogP contribution >= 0.6 is 0 Å². The second-order valence-corrected chi connectivity index (χ2v) is 5.75. The van der Waals surface area contributed by atoms with Crippen LogP contribution in [-0.2, 0) is 7.05 Å². The number of nitrogens with zero attached hydrogens (tertiary/aromatic N) is 4. The van der Waals surface area contributed by atoms with E-state index in [0.29, 0.717) is 0 Å². The molecule has 0 bridgehead atoms. The molecule has 0 saturated carbocycles. The highest BCUT2D eigenvalue weighted by Crippen LogP contribution is 2.11. The van der Waals surface area contributed by atoms with Gasteiger partial charge in [-0.25, -0.2) is 4.68 Å². The Morgan fingerprint density at radius 2 is 1.77 bits per heavy atom. The molecule has 0 aliphatic carbocycles. The van der Waals surface area contributed by atoms with Crippen LogP contribution in [0.15, 0.2) is 40.2 Å². The number of aromatic nitrogens is 2. The van der Waals surface area contributed by atoms with Crippen molar-refractivity contribution in [1.29, 1.82) is 0 Å². The zero-order chi connectivity index (χ0) is 15.5. The molecule has 116 valence electrons. The lowest BCUT2D eigenvalue weighted by molar-refractivity contribution is 0.240. The van der Waals surface area contributed by atoms with Crippen LogP contribution in [0.1, 0.15) is 30.5 Å². The zero-order valence-corrected chi connectivity index (χ0v) is 13.2. The van der Waals surface area contributed by atoms with Gasteiger partial charge < -0.3 is 0 Å². The van der Waals surface area contributed by atoms with E-state index in [1.54, 1.807) is 4.68 Å². The molecule has 2 heterocycles. The first-order valence-corrected chi connectivity index (χ1v) is 7.81. The maximum Gasteiger partial charge on any atom is 0.274 e. The highest BCUT2D eigenvalue weighted by Gasteiger charge is 2.14. The Labute approximate surface area is 130 Å². The van der Waals surface area contributed by atoms with Gasteiger partial charge in [-0.3, -0.25) is 14.5 Å². The van der Waals surface area contributed by atoms with Gasteiger partial charge in [-0.15, -0.1) is 0 Å². The Morgan fingerprint density at radius 3 is 2.45 bits per heavy atom. The molecule has 2 aromatic rings. The monoisotopic (exact) mass is 298 g/mol. The van der Waals surface area contributed by atoms with Gasteiger partial charge >= 0.3 is 0 Å². The van der Waals surface area contributed by atoms with E-state index in [-0.39, 0.29) is 5.56 Å². The lowest BCUT2D eigenvalue weighted by Crippen LogP contribution is -2.24. The van der Waals surface area contributed by atoms with Crippen LogP contribution in [0.5, 0.6) is 0 Å². The molecule has 0 amide bonds. The molecule has 1 aliphatic rings. The second-order valence-electron chi connectivity index (χ2n) is 5.75. The molecule has 1 saturated heterocycles. The first-order chi connectivity index (χ1) is 10.7. The van der Waals surface area contributed by atoms with E-state index in [4.69, 9.17) is 0 Å². The largest absolute Gasteiger partial charge is 0.297 e. The molecule has 1 fully saturated rings. The lowest BCUT2D eigenvalue weighted by Gasteiger charge is -2.23. The standard InChI is InChI=1S/C17H22N4O/c1-14-16(13-18-20-11-7-4-8-12-20)19(2)21(17(14)22)15-9-5-3-6-10-15/h3,5-6,9-10,13H,4,7-8,11-12H2,1-2H3. The summed E-state index contributed by atoms with van der Waals surface area (Å²) >= 11 is 0. The minimum Gasteiger partial charge on any atom is -0.297 e. The molecular weight excluding hydrogens is 276 g/mol. The maximum absolute atomic E-state index is 12.5. The molecule has 1 aromatic heterocycles. The summed E-state index contributed by atoms with van der Waals surface area (Å²) in [6.45, 7) is 3.87. The van der Waals surface area contributed by atoms with E-state index in [2.05, 4.69) is 10.1 Å². The van der Waals surface area contributed by atoms with Gasteiger partial charge in [-0.2, -0.15) is 5.10 Å². The zero-order valence-electron chi connectivity index (χ0n) is 13.2. The Balaban J connectivity index is 1.96. The molecule has 5 heteroatoms. The number of hydrogen-bond acceptors (Lipinski definition) is 3. The Kier molecular flexibility index (Phi) is 4.13. The minimum atomic E-state index is 0.00814. The maximum atomic E-state index is 12.5. The van der Waals surface area contributed by atoms with E-state index < -0.39 is 0 Å². The number of para-hydroxylation sites is 1. The molecule has 0 radical (unpaired) electrons. The van der Waals surface area contributed by atoms with Crippen LogP contribution in [0, 0.1) is 6.92 Å². The fraction of sp³-hybridized carbons (Fsp3) is 0.412. The quantitative estimate of drug-likeness (QED) is 0.816. The molecule has 0 spiro atoms. The predicted octanol–water partition coefficient (Wildman–Crippen LogP) is 2.30. The van der Waals surface area contributed by atoms with E-state index >= 15 is 0 Å². The number of piperidine rings is 1. The van der Waals surface area contributed by atoms with Gasteiger partial charge in [0.2, 0.25) is 0 Å². The fourth-order valence-electron chi connectivity index (χ4n) is 2.92. The summed E-state index contributed by atoms with van der Waals surface area (Å²) in [7, 11) is 1.90. The Bertz CT molecular complexity index is 721. The number of rotatable bonds is 3. The third-order valence-corrected chi connectivity index (χ3v) is 4.22. The van der Waals surface area contributed by atoms with E-state index in [1.807, 2.05) is 55.2 Å². The molecule has 5 nitrogen and oxygen atoms in total. The molecule has 0 atom stereocenters. The molecular formula is C17H22N4O. The van der Waals surface area contributed by atoms with Crippen molar-refractivity contribution in [2.24, 2.45) is 12.1 Å². The van der Waals surface area contributed by atoms with Crippen molar-refractivity contribution < 1.29 is 0 Å². The normalized spacial score (nSPS) is 15.6. The molecule has 1 aromatic carbocycles. The summed E-state index contributed by atoms with van der Waals surface area (Å²) in [6.07, 6.45) is 5.50. The van der Waals surface area contributed by atoms with Crippen LogP contribution < -0.4 is 5.56 Å². The van der Waals surface area contributed by atoms with Crippen LogP contribution in [0.4, 0.5) is 0 Å². The number of benzene rings is 1. The highest BCUT2D eigenvalue weighted by molar-refractivity contribution is 5.79. The van der Waals surface area contributed by atoms with Crippen molar-refractivity contribution in [3.05, 3.63) is 51.9 Å². The van der Waals surface area contributed by atoms with Crippen molar-refractivity contribution in [2.45, 2.75) is 26.2 Å². The number of hydrazone groups is 1. The topological polar surface area (TPSA) is 42.5 Å². The van der Waals surface area contributed by atoms with Crippen molar-refractivity contribution in [1.82, 2.24) is 14.4 Å². The van der Waals surface area contributed by atoms with Crippen molar-refractivity contribution in [3.63, 3.8) is 0 Å². The first kappa shape index (κ1) is 14.6. The minimum absolute atomic E-state index is 0.00814. The molecule has 3 rings (SSSR count). The van der Waals surface area contributed by atoms with Crippen molar-refractivity contribution >= 4 is 6.21 Å². The average molecular weight is 298 g/mol. The van der Waals surface area contributed by atoms with Crippen LogP contribution in [-0.4, -0.2) is 33.7 Å². The summed E-state index contributed by atoms with van der Waals surface area (Å²) in [6, 6.07) is 9.69. The van der Waals surface area contributed by atoms with Gasteiger partial charge in [0.05, 0.1) is 17.6 Å². The van der Waals surface area contributed by atoms with Gasteiger partial charge in [-0.05, 0) is 38.3 Å². The van der Waals surface area contributed by atoms with Gasteiger partial charge in [0.1, 0.15) is 0 Å². The van der Waals surface area contributed by atoms with Gasteiger partial charge in [0, 0.05) is 25.7 Å². The average Bonchev–Trinajstić information content (AvgIpc) is 2.77. The van der Waals surface area contributed by atoms with E-state index in [1.165, 1.54) is 19.3 Å². The molecule has 22 heavy (non-hydrogen) atoms. The summed E-state index contributed by atoms with van der Waals surface area (Å²) < 4.78 is 3.56. The van der Waals surface area contributed by atoms with Crippen LogP contribution in [0.2, 0.25) is 0 Å². The Morgan fingerprint density at radius 1 is 1.09 bits per heavy atom. The SMILES string of the molecule is Cc1c(C=NN2CCCCC2)n(C)n(-c2ccccc2)c1=O. The number of hydrogen-bond donors (Lipinski definition) is 0. The second kappa shape index (κ2) is 6.22. The predicted molar refractivity (Wildman–Crippen MR) is 88.8 cm³/mol. The highest BCUT2D eigenvalue weighted by atomic mass is 16.1. The molecule has 0 unspecified atom stereocenters. The summed E-state index contributed by atoms with van der Waals surface area (Å²) in [5.41, 5.74) is 2.47. The Hall–Kier alpha value is -2.30. The summed E-state index contributed by atoms with van der Waals surface area (Å²) in [5.74, 6) is 0.